The average molecular weight is 334 g/mol. The summed E-state index contributed by atoms with van der Waals surface area (Å²) >= 11 is 7.35. The van der Waals surface area contributed by atoms with E-state index in [0.29, 0.717) is 21.5 Å². The second kappa shape index (κ2) is 6.21. The Labute approximate surface area is 135 Å². The number of carbonyl (C=O) groups is 1. The van der Waals surface area contributed by atoms with Gasteiger partial charge in [-0.1, -0.05) is 29.0 Å². The highest BCUT2D eigenvalue weighted by molar-refractivity contribution is 7.22. The molecule has 0 saturated heterocycles. The highest BCUT2D eigenvalue weighted by Gasteiger charge is 2.08. The Morgan fingerprint density at radius 3 is 2.95 bits per heavy atom. The average Bonchev–Trinajstić information content (AvgIpc) is 2.94. The molecule has 0 fully saturated rings. The number of nitrogens with one attached hydrogen (secondary N) is 2. The van der Waals surface area contributed by atoms with Gasteiger partial charge in [0.05, 0.1) is 17.3 Å². The van der Waals surface area contributed by atoms with Crippen LogP contribution in [-0.4, -0.2) is 18.0 Å². The smallest absolute Gasteiger partial charge is 0.269 e. The van der Waals surface area contributed by atoms with E-state index in [1.165, 1.54) is 11.3 Å². The van der Waals surface area contributed by atoms with Crippen molar-refractivity contribution >= 4 is 44.2 Å². The molecule has 112 valence electrons. The molecule has 0 bridgehead atoms. The number of hydrazine groups is 1. The highest BCUT2D eigenvalue weighted by Crippen LogP contribution is 2.27. The van der Waals surface area contributed by atoms with Crippen LogP contribution in [0.1, 0.15) is 10.4 Å². The first-order valence-electron chi connectivity index (χ1n) is 6.42. The van der Waals surface area contributed by atoms with Crippen LogP contribution in [-0.2, 0) is 0 Å². The zero-order valence-electron chi connectivity index (χ0n) is 11.6. The molecule has 3 aromatic rings. The Bertz CT molecular complexity index is 835. The fourth-order valence-corrected chi connectivity index (χ4v) is 2.99. The summed E-state index contributed by atoms with van der Waals surface area (Å²) < 4.78 is 6.05. The summed E-state index contributed by atoms with van der Waals surface area (Å²) in [7, 11) is 1.56. The molecule has 22 heavy (non-hydrogen) atoms. The molecule has 0 saturated carbocycles. The van der Waals surface area contributed by atoms with Gasteiger partial charge in [-0.2, -0.15) is 0 Å². The van der Waals surface area contributed by atoms with Gasteiger partial charge in [-0.15, -0.1) is 0 Å². The van der Waals surface area contributed by atoms with Crippen molar-refractivity contribution in [2.75, 3.05) is 12.5 Å². The van der Waals surface area contributed by atoms with Crippen molar-refractivity contribution < 1.29 is 9.53 Å². The summed E-state index contributed by atoms with van der Waals surface area (Å²) in [5.41, 5.74) is 6.75. The van der Waals surface area contributed by atoms with E-state index in [4.69, 9.17) is 16.3 Å². The van der Waals surface area contributed by atoms with Crippen molar-refractivity contribution in [3.63, 3.8) is 0 Å². The lowest BCUT2D eigenvalue weighted by atomic mass is 10.2. The molecule has 7 heteroatoms. The fourth-order valence-electron chi connectivity index (χ4n) is 1.90. The number of carbonyl (C=O) groups excluding carboxylic acids is 1. The molecule has 0 spiro atoms. The van der Waals surface area contributed by atoms with Gasteiger partial charge in [-0.3, -0.25) is 15.6 Å². The number of thiazole rings is 1. The van der Waals surface area contributed by atoms with Crippen LogP contribution in [0.4, 0.5) is 5.13 Å². The highest BCUT2D eigenvalue weighted by atomic mass is 35.5. The minimum absolute atomic E-state index is 0.267. The molecule has 5 nitrogen and oxygen atoms in total. The minimum Gasteiger partial charge on any atom is -0.497 e. The number of aromatic nitrogens is 1. The van der Waals surface area contributed by atoms with E-state index >= 15 is 0 Å². The maximum Gasteiger partial charge on any atom is 0.269 e. The van der Waals surface area contributed by atoms with Crippen LogP contribution in [0.5, 0.6) is 5.75 Å². The van der Waals surface area contributed by atoms with E-state index in [-0.39, 0.29) is 5.91 Å². The summed E-state index contributed by atoms with van der Waals surface area (Å²) in [5.74, 6) is 0.360. The van der Waals surface area contributed by atoms with E-state index in [0.717, 1.165) is 10.2 Å². The van der Waals surface area contributed by atoms with Gasteiger partial charge in [0.25, 0.3) is 5.91 Å². The predicted octanol–water partition coefficient (Wildman–Crippen LogP) is 3.72. The standard InChI is InChI=1S/C15H12ClN3O2S/c1-21-11-4-2-3-9(7-11)14(20)18-19-15-17-12-6-5-10(16)8-13(12)22-15/h2-8H,1H3,(H,17,19)(H,18,20). The number of anilines is 1. The molecule has 1 heterocycles. The lowest BCUT2D eigenvalue weighted by Crippen LogP contribution is -2.29. The van der Waals surface area contributed by atoms with Gasteiger partial charge in [-0.25, -0.2) is 4.98 Å². The van der Waals surface area contributed by atoms with Gasteiger partial charge in [0.1, 0.15) is 5.75 Å². The molecule has 0 radical (unpaired) electrons. The van der Waals surface area contributed by atoms with Gasteiger partial charge in [-0.05, 0) is 36.4 Å². The van der Waals surface area contributed by atoms with Crippen molar-refractivity contribution in [1.29, 1.82) is 0 Å². The number of benzene rings is 2. The molecule has 0 aliphatic heterocycles. The Morgan fingerprint density at radius 1 is 1.27 bits per heavy atom. The van der Waals surface area contributed by atoms with Crippen molar-refractivity contribution in [2.45, 2.75) is 0 Å². The Hall–Kier alpha value is -2.31. The fraction of sp³-hybridized carbons (Fsp3) is 0.0667. The third-order valence-electron chi connectivity index (χ3n) is 2.97. The third-order valence-corrected chi connectivity index (χ3v) is 4.13. The molecular weight excluding hydrogens is 322 g/mol. The molecule has 3 rings (SSSR count). The number of fused-ring (bicyclic) bond motifs is 1. The number of ether oxygens (including phenoxy) is 1. The van der Waals surface area contributed by atoms with Gasteiger partial charge in [0, 0.05) is 10.6 Å². The van der Waals surface area contributed by atoms with Crippen molar-refractivity contribution in [3.8, 4) is 5.75 Å². The zero-order valence-corrected chi connectivity index (χ0v) is 13.2. The topological polar surface area (TPSA) is 63.2 Å². The lowest BCUT2D eigenvalue weighted by Gasteiger charge is -2.06. The van der Waals surface area contributed by atoms with Crippen LogP contribution in [0.2, 0.25) is 5.02 Å². The van der Waals surface area contributed by atoms with Crippen LogP contribution >= 0.6 is 22.9 Å². The van der Waals surface area contributed by atoms with Crippen LogP contribution in [0.3, 0.4) is 0 Å². The summed E-state index contributed by atoms with van der Waals surface area (Å²) in [6, 6.07) is 12.4. The number of amides is 1. The Kier molecular flexibility index (Phi) is 4.13. The zero-order chi connectivity index (χ0) is 15.5. The van der Waals surface area contributed by atoms with Crippen molar-refractivity contribution in [3.05, 3.63) is 53.1 Å². The number of rotatable bonds is 4. The summed E-state index contributed by atoms with van der Waals surface area (Å²) in [6.07, 6.45) is 0. The normalized spacial score (nSPS) is 10.5. The molecule has 1 amide bonds. The largest absolute Gasteiger partial charge is 0.497 e. The van der Waals surface area contributed by atoms with E-state index in [1.54, 1.807) is 37.4 Å². The monoisotopic (exact) mass is 333 g/mol. The lowest BCUT2D eigenvalue weighted by molar-refractivity contribution is 0.0962. The molecule has 1 aromatic heterocycles. The number of hydrogen-bond donors (Lipinski definition) is 2. The van der Waals surface area contributed by atoms with Crippen LogP contribution in [0, 0.1) is 0 Å². The van der Waals surface area contributed by atoms with E-state index in [1.807, 2.05) is 12.1 Å². The first-order chi connectivity index (χ1) is 10.7. The quantitative estimate of drug-likeness (QED) is 0.714. The first-order valence-corrected chi connectivity index (χ1v) is 7.61. The number of halogens is 1. The van der Waals surface area contributed by atoms with Crippen LogP contribution in [0.25, 0.3) is 10.2 Å². The molecule has 2 N–H and O–H groups in total. The van der Waals surface area contributed by atoms with E-state index in [2.05, 4.69) is 15.8 Å². The minimum atomic E-state index is -0.267. The third kappa shape index (κ3) is 3.13. The summed E-state index contributed by atoms with van der Waals surface area (Å²) in [6.45, 7) is 0. The van der Waals surface area contributed by atoms with E-state index in [9.17, 15) is 4.79 Å². The Balaban J connectivity index is 1.71. The molecule has 0 aliphatic carbocycles. The Morgan fingerprint density at radius 2 is 2.14 bits per heavy atom. The number of hydrogen-bond acceptors (Lipinski definition) is 5. The van der Waals surface area contributed by atoms with E-state index < -0.39 is 0 Å². The maximum atomic E-state index is 12.1. The molecule has 0 atom stereocenters. The number of methoxy groups -OCH3 is 1. The van der Waals surface area contributed by atoms with Crippen molar-refractivity contribution in [1.82, 2.24) is 10.4 Å². The van der Waals surface area contributed by atoms with Crippen LogP contribution < -0.4 is 15.6 Å². The molecular formula is C15H12ClN3O2S. The predicted molar refractivity (Wildman–Crippen MR) is 88.7 cm³/mol. The van der Waals surface area contributed by atoms with Gasteiger partial charge < -0.3 is 4.74 Å². The SMILES string of the molecule is COc1cccc(C(=O)NNc2nc3ccc(Cl)cc3s2)c1. The maximum absolute atomic E-state index is 12.1. The van der Waals surface area contributed by atoms with Gasteiger partial charge >= 0.3 is 0 Å². The first kappa shape index (κ1) is 14.6. The second-order valence-electron chi connectivity index (χ2n) is 4.44. The van der Waals surface area contributed by atoms with Gasteiger partial charge in [0.15, 0.2) is 0 Å². The summed E-state index contributed by atoms with van der Waals surface area (Å²) in [5, 5.41) is 1.25. The van der Waals surface area contributed by atoms with Crippen LogP contribution in [0.15, 0.2) is 42.5 Å². The molecule has 0 aliphatic rings. The number of nitrogens with zero attached hydrogens (tertiary/aromatic N) is 1. The summed E-state index contributed by atoms with van der Waals surface area (Å²) in [4.78, 5) is 16.4. The molecule has 0 unspecified atom stereocenters. The van der Waals surface area contributed by atoms with Gasteiger partial charge in [0.2, 0.25) is 5.13 Å². The van der Waals surface area contributed by atoms with Crippen molar-refractivity contribution in [2.24, 2.45) is 0 Å². The second-order valence-corrected chi connectivity index (χ2v) is 5.91. The molecule has 2 aromatic carbocycles.